The number of esters is 1. The van der Waals surface area contributed by atoms with Crippen molar-refractivity contribution in [2.75, 3.05) is 0 Å². The highest BCUT2D eigenvalue weighted by Crippen LogP contribution is 2.19. The highest BCUT2D eigenvalue weighted by molar-refractivity contribution is 6.23. The Bertz CT molecular complexity index is 543. The molecule has 2 rings (SSSR count). The second kappa shape index (κ2) is 4.96. The van der Waals surface area contributed by atoms with Gasteiger partial charge in [-0.15, -0.1) is 0 Å². The lowest BCUT2D eigenvalue weighted by Gasteiger charge is -2.18. The summed E-state index contributed by atoms with van der Waals surface area (Å²) in [7, 11) is 0. The molecule has 0 N–H and O–H groups in total. The summed E-state index contributed by atoms with van der Waals surface area (Å²) in [5.41, 5.74) is 1.15. The van der Waals surface area contributed by atoms with E-state index in [-0.39, 0.29) is 5.78 Å². The molecule has 0 saturated carbocycles. The van der Waals surface area contributed by atoms with Gasteiger partial charge in [-0.1, -0.05) is 18.2 Å². The maximum absolute atomic E-state index is 11.8. The molecule has 0 fully saturated rings. The van der Waals surface area contributed by atoms with E-state index in [2.05, 4.69) is 4.99 Å². The second-order valence-corrected chi connectivity index (χ2v) is 4.10. The van der Waals surface area contributed by atoms with Crippen LogP contribution >= 0.6 is 0 Å². The van der Waals surface area contributed by atoms with E-state index in [1.165, 1.54) is 6.08 Å². The molecule has 1 heterocycles. The molecule has 0 saturated heterocycles. The number of rotatable bonds is 2. The van der Waals surface area contributed by atoms with E-state index in [1.54, 1.807) is 13.8 Å². The van der Waals surface area contributed by atoms with E-state index < -0.39 is 11.9 Å². The largest absolute Gasteiger partial charge is 0.430 e. The Kier molecular flexibility index (Phi) is 3.37. The maximum atomic E-state index is 11.8. The average molecular weight is 243 g/mol. The molecule has 0 aliphatic carbocycles. The van der Waals surface area contributed by atoms with Gasteiger partial charge >= 0.3 is 5.97 Å². The van der Waals surface area contributed by atoms with Crippen LogP contribution < -0.4 is 0 Å². The zero-order valence-corrected chi connectivity index (χ0v) is 10.2. The molecule has 0 bridgehead atoms. The molecular formula is C14H13NO3. The minimum atomic E-state index is -0.922. The van der Waals surface area contributed by atoms with Crippen LogP contribution in [0.15, 0.2) is 47.2 Å². The first-order valence-electron chi connectivity index (χ1n) is 5.62. The molecule has 0 unspecified atom stereocenters. The second-order valence-electron chi connectivity index (χ2n) is 4.10. The molecule has 92 valence electrons. The Morgan fingerprint density at radius 2 is 1.89 bits per heavy atom. The molecule has 0 spiro atoms. The lowest BCUT2D eigenvalue weighted by atomic mass is 9.96. The fourth-order valence-corrected chi connectivity index (χ4v) is 1.79. The minimum Gasteiger partial charge on any atom is -0.430 e. The third-order valence-electron chi connectivity index (χ3n) is 2.61. The van der Waals surface area contributed by atoms with Crippen LogP contribution in [0.3, 0.4) is 0 Å². The average Bonchev–Trinajstić information content (AvgIpc) is 2.28. The number of hydrogen-bond acceptors (Lipinski definition) is 4. The van der Waals surface area contributed by atoms with E-state index in [9.17, 15) is 9.59 Å². The van der Waals surface area contributed by atoms with Gasteiger partial charge in [-0.2, -0.15) is 0 Å². The van der Waals surface area contributed by atoms with Crippen LogP contribution in [0.2, 0.25) is 0 Å². The molecular weight excluding hydrogens is 230 g/mol. The number of hydrogen-bond donors (Lipinski definition) is 0. The van der Waals surface area contributed by atoms with Crippen molar-refractivity contribution in [1.29, 1.82) is 0 Å². The van der Waals surface area contributed by atoms with Crippen LogP contribution in [0.4, 0.5) is 5.69 Å². The first-order chi connectivity index (χ1) is 8.58. The van der Waals surface area contributed by atoms with E-state index in [0.29, 0.717) is 17.2 Å². The van der Waals surface area contributed by atoms with Crippen molar-refractivity contribution in [3.8, 4) is 0 Å². The lowest BCUT2D eigenvalue weighted by molar-refractivity contribution is -0.146. The standard InChI is InChI=1S/C14H13NO3/c1-9-8-12(16)13(14(17)18-9)10(2)15-11-6-4-3-5-7-11/h3-8,13H,1-2H3/t13-/m1/s1. The number of nitrogens with zero attached hydrogens (tertiary/aromatic N) is 1. The zero-order chi connectivity index (χ0) is 13.1. The first kappa shape index (κ1) is 12.2. The molecule has 0 aromatic heterocycles. The molecule has 1 aliphatic rings. The fraction of sp³-hybridized carbons (Fsp3) is 0.214. The number of para-hydroxylation sites is 1. The van der Waals surface area contributed by atoms with Crippen LogP contribution in [-0.2, 0) is 14.3 Å². The molecule has 0 amide bonds. The topological polar surface area (TPSA) is 55.7 Å². The summed E-state index contributed by atoms with van der Waals surface area (Å²) in [6, 6.07) is 9.18. The van der Waals surface area contributed by atoms with Crippen LogP contribution in [0.5, 0.6) is 0 Å². The van der Waals surface area contributed by atoms with Crippen LogP contribution in [-0.4, -0.2) is 17.5 Å². The van der Waals surface area contributed by atoms with Crippen molar-refractivity contribution < 1.29 is 14.3 Å². The summed E-state index contributed by atoms with van der Waals surface area (Å²) in [6.45, 7) is 3.24. The number of aliphatic imine (C=N–C) groups is 1. The summed E-state index contributed by atoms with van der Waals surface area (Å²) < 4.78 is 4.95. The maximum Gasteiger partial charge on any atom is 0.327 e. The molecule has 1 atom stereocenters. The summed E-state index contributed by atoms with van der Waals surface area (Å²) in [5, 5.41) is 0. The molecule has 0 radical (unpaired) electrons. The summed E-state index contributed by atoms with van der Waals surface area (Å²) >= 11 is 0. The molecule has 1 aromatic carbocycles. The molecule has 4 heteroatoms. The Morgan fingerprint density at radius 3 is 2.50 bits per heavy atom. The highest BCUT2D eigenvalue weighted by Gasteiger charge is 2.33. The third-order valence-corrected chi connectivity index (χ3v) is 2.61. The molecule has 4 nitrogen and oxygen atoms in total. The highest BCUT2D eigenvalue weighted by atomic mass is 16.5. The Morgan fingerprint density at radius 1 is 1.22 bits per heavy atom. The molecule has 1 aliphatic heterocycles. The predicted molar refractivity (Wildman–Crippen MR) is 67.6 cm³/mol. The van der Waals surface area contributed by atoms with Crippen LogP contribution in [0.1, 0.15) is 13.8 Å². The van der Waals surface area contributed by atoms with Gasteiger partial charge in [0.1, 0.15) is 5.76 Å². The van der Waals surface area contributed by atoms with Crippen molar-refractivity contribution in [2.45, 2.75) is 13.8 Å². The normalized spacial score (nSPS) is 20.4. The van der Waals surface area contributed by atoms with Gasteiger partial charge in [-0.25, -0.2) is 0 Å². The number of benzene rings is 1. The summed E-state index contributed by atoms with van der Waals surface area (Å²) in [6.07, 6.45) is 1.33. The van der Waals surface area contributed by atoms with Crippen LogP contribution in [0.25, 0.3) is 0 Å². The Balaban J connectivity index is 2.29. The molecule has 18 heavy (non-hydrogen) atoms. The summed E-state index contributed by atoms with van der Waals surface area (Å²) in [5.74, 6) is -1.43. The minimum absolute atomic E-state index is 0.277. The van der Waals surface area contributed by atoms with Gasteiger partial charge in [0.15, 0.2) is 11.7 Å². The predicted octanol–water partition coefficient (Wildman–Crippen LogP) is 2.42. The summed E-state index contributed by atoms with van der Waals surface area (Å²) in [4.78, 5) is 27.7. The lowest BCUT2D eigenvalue weighted by Crippen LogP contribution is -2.34. The van der Waals surface area contributed by atoms with E-state index in [1.807, 2.05) is 30.3 Å². The number of carbonyl (C=O) groups excluding carboxylic acids is 2. The van der Waals surface area contributed by atoms with E-state index in [0.717, 1.165) is 0 Å². The number of cyclic esters (lactones) is 1. The van der Waals surface area contributed by atoms with E-state index >= 15 is 0 Å². The van der Waals surface area contributed by atoms with Gasteiger partial charge in [-0.05, 0) is 26.0 Å². The third kappa shape index (κ3) is 2.53. The van der Waals surface area contributed by atoms with Crippen molar-refractivity contribution in [3.63, 3.8) is 0 Å². The van der Waals surface area contributed by atoms with Crippen molar-refractivity contribution in [2.24, 2.45) is 10.9 Å². The van der Waals surface area contributed by atoms with Gasteiger partial charge in [-0.3, -0.25) is 14.6 Å². The SMILES string of the molecule is CC1=CC(=O)[C@@H](C(C)=Nc2ccccc2)C(=O)O1. The van der Waals surface area contributed by atoms with Crippen LogP contribution in [0, 0.1) is 5.92 Å². The first-order valence-corrected chi connectivity index (χ1v) is 5.62. The Hall–Kier alpha value is -2.23. The van der Waals surface area contributed by atoms with Gasteiger partial charge in [0, 0.05) is 11.8 Å². The van der Waals surface area contributed by atoms with Crippen molar-refractivity contribution >= 4 is 23.2 Å². The van der Waals surface area contributed by atoms with Gasteiger partial charge in [0.05, 0.1) is 5.69 Å². The number of carbonyl (C=O) groups is 2. The number of allylic oxidation sites excluding steroid dienone is 2. The van der Waals surface area contributed by atoms with Gasteiger partial charge in [0.2, 0.25) is 0 Å². The number of ketones is 1. The van der Waals surface area contributed by atoms with Gasteiger partial charge in [0.25, 0.3) is 0 Å². The Labute approximate surface area is 105 Å². The quantitative estimate of drug-likeness (QED) is 0.455. The van der Waals surface area contributed by atoms with Crippen molar-refractivity contribution in [1.82, 2.24) is 0 Å². The van der Waals surface area contributed by atoms with Gasteiger partial charge < -0.3 is 4.74 Å². The van der Waals surface area contributed by atoms with Crippen molar-refractivity contribution in [3.05, 3.63) is 42.2 Å². The number of ether oxygens (including phenoxy) is 1. The smallest absolute Gasteiger partial charge is 0.327 e. The molecule has 1 aromatic rings. The zero-order valence-electron chi connectivity index (χ0n) is 10.2. The van der Waals surface area contributed by atoms with E-state index in [4.69, 9.17) is 4.74 Å². The monoisotopic (exact) mass is 243 g/mol. The fourth-order valence-electron chi connectivity index (χ4n) is 1.79.